The monoisotopic (exact) mass is 338 g/mol. The van der Waals surface area contributed by atoms with Crippen LogP contribution in [0.1, 0.15) is 24.8 Å². The molecule has 2 heterocycles. The Morgan fingerprint density at radius 3 is 2.96 bits per heavy atom. The van der Waals surface area contributed by atoms with Gasteiger partial charge in [-0.1, -0.05) is 0 Å². The normalized spacial score (nSPS) is 13.7. The first-order valence-electron chi connectivity index (χ1n) is 7.37. The van der Waals surface area contributed by atoms with E-state index in [1.165, 1.54) is 0 Å². The molecule has 0 fully saturated rings. The summed E-state index contributed by atoms with van der Waals surface area (Å²) in [6.45, 7) is 3.95. The van der Waals surface area contributed by atoms with E-state index in [9.17, 15) is 4.79 Å². The molecule has 2 aromatic rings. The number of ether oxygens (including phenoxy) is 1. The maximum atomic E-state index is 12.3. The molecule has 7 heteroatoms. The molecule has 0 saturated heterocycles. The molecule has 0 aliphatic rings. The van der Waals surface area contributed by atoms with Crippen LogP contribution < -0.4 is 5.32 Å². The quantitative estimate of drug-likeness (QED) is 0.770. The number of carbonyl (C=O) groups is 1. The van der Waals surface area contributed by atoms with Gasteiger partial charge in [-0.15, -0.1) is 0 Å². The third kappa shape index (κ3) is 4.63. The number of aryl methyl sites for hydroxylation is 1. The highest BCUT2D eigenvalue weighted by molar-refractivity contribution is 7.08. The summed E-state index contributed by atoms with van der Waals surface area (Å²) in [5.74, 6) is 0.991. The topological polar surface area (TPSA) is 84.6 Å². The highest BCUT2D eigenvalue weighted by Gasteiger charge is 2.26. The first kappa shape index (κ1) is 17.7. The Morgan fingerprint density at radius 1 is 1.57 bits per heavy atom. The fraction of sp³-hybridized carbons (Fsp3) is 0.500. The molecule has 6 nitrogen and oxygen atoms in total. The number of carbonyl (C=O) groups excluding carboxylic acids is 1. The van der Waals surface area contributed by atoms with Gasteiger partial charge in [0.05, 0.1) is 24.3 Å². The number of nitrogens with zero attached hydrogens (tertiary/aromatic N) is 1. The molecule has 0 radical (unpaired) electrons. The minimum Gasteiger partial charge on any atom is -0.441 e. The fourth-order valence-electron chi connectivity index (χ4n) is 2.37. The summed E-state index contributed by atoms with van der Waals surface area (Å²) in [5.41, 5.74) is 0.927. The summed E-state index contributed by atoms with van der Waals surface area (Å²) in [7, 11) is 1.57. The van der Waals surface area contributed by atoms with E-state index in [1.807, 2.05) is 23.8 Å². The number of aliphatic hydroxyl groups excluding tert-OH is 1. The SMILES string of the molecule is COCC(C)(CCO)NC(=O)Cc1nc(-c2ccsc2)oc1C. The molecule has 1 atom stereocenters. The zero-order chi connectivity index (χ0) is 16.9. The van der Waals surface area contributed by atoms with Gasteiger partial charge in [0.15, 0.2) is 0 Å². The van der Waals surface area contributed by atoms with Gasteiger partial charge >= 0.3 is 0 Å². The van der Waals surface area contributed by atoms with Crippen molar-refractivity contribution in [3.8, 4) is 11.5 Å². The highest BCUT2D eigenvalue weighted by atomic mass is 32.1. The molecule has 1 amide bonds. The van der Waals surface area contributed by atoms with Gasteiger partial charge in [0.1, 0.15) is 5.76 Å². The van der Waals surface area contributed by atoms with E-state index in [0.717, 1.165) is 5.56 Å². The van der Waals surface area contributed by atoms with E-state index in [-0.39, 0.29) is 18.9 Å². The van der Waals surface area contributed by atoms with Gasteiger partial charge in [0.2, 0.25) is 11.8 Å². The Bertz CT molecular complexity index is 631. The molecule has 23 heavy (non-hydrogen) atoms. The molecular weight excluding hydrogens is 316 g/mol. The largest absolute Gasteiger partial charge is 0.441 e. The van der Waals surface area contributed by atoms with Crippen molar-refractivity contribution in [3.63, 3.8) is 0 Å². The van der Waals surface area contributed by atoms with Crippen LogP contribution >= 0.6 is 11.3 Å². The van der Waals surface area contributed by atoms with Crippen LogP contribution in [-0.4, -0.2) is 41.9 Å². The summed E-state index contributed by atoms with van der Waals surface area (Å²) in [4.78, 5) is 16.7. The number of rotatable bonds is 8. The van der Waals surface area contributed by atoms with E-state index < -0.39 is 5.54 Å². The standard InChI is InChI=1S/C16H22N2O4S/c1-11-13(17-15(22-11)12-4-7-23-9-12)8-14(20)18-16(2,5-6-19)10-21-3/h4,7,9,19H,5-6,8,10H2,1-3H3,(H,18,20). The predicted molar refractivity (Wildman–Crippen MR) is 88.4 cm³/mol. The van der Waals surface area contributed by atoms with Crippen molar-refractivity contribution >= 4 is 17.2 Å². The van der Waals surface area contributed by atoms with Crippen molar-refractivity contribution in [2.45, 2.75) is 32.2 Å². The van der Waals surface area contributed by atoms with Crippen LogP contribution in [0, 0.1) is 6.92 Å². The third-order valence-corrected chi connectivity index (χ3v) is 4.24. The first-order chi connectivity index (χ1) is 11.0. The molecule has 2 aromatic heterocycles. The van der Waals surface area contributed by atoms with Crippen molar-refractivity contribution in [2.24, 2.45) is 0 Å². The smallest absolute Gasteiger partial charge is 0.227 e. The van der Waals surface area contributed by atoms with Crippen LogP contribution in [0.3, 0.4) is 0 Å². The van der Waals surface area contributed by atoms with Gasteiger partial charge in [0, 0.05) is 24.7 Å². The zero-order valence-electron chi connectivity index (χ0n) is 13.6. The molecule has 0 aliphatic carbocycles. The zero-order valence-corrected chi connectivity index (χ0v) is 14.4. The lowest BCUT2D eigenvalue weighted by atomic mass is 9.99. The average Bonchev–Trinajstić information content (AvgIpc) is 3.09. The number of thiophene rings is 1. The van der Waals surface area contributed by atoms with Crippen molar-refractivity contribution in [2.75, 3.05) is 20.3 Å². The van der Waals surface area contributed by atoms with Crippen molar-refractivity contribution in [1.82, 2.24) is 10.3 Å². The molecular formula is C16H22N2O4S. The second-order valence-electron chi connectivity index (χ2n) is 5.73. The van der Waals surface area contributed by atoms with Crippen LogP contribution in [0.2, 0.25) is 0 Å². The lowest BCUT2D eigenvalue weighted by Gasteiger charge is -2.29. The fourth-order valence-corrected chi connectivity index (χ4v) is 3.00. The van der Waals surface area contributed by atoms with Gasteiger partial charge in [-0.25, -0.2) is 4.98 Å². The number of aliphatic hydroxyl groups is 1. The Kier molecular flexibility index (Phi) is 5.92. The lowest BCUT2D eigenvalue weighted by molar-refractivity contribution is -0.123. The maximum absolute atomic E-state index is 12.3. The number of oxazole rings is 1. The summed E-state index contributed by atoms with van der Waals surface area (Å²) in [6, 6.07) is 1.93. The van der Waals surface area contributed by atoms with E-state index in [0.29, 0.717) is 30.4 Å². The van der Waals surface area contributed by atoms with E-state index in [4.69, 9.17) is 14.3 Å². The van der Waals surface area contributed by atoms with Gasteiger partial charge in [-0.3, -0.25) is 4.79 Å². The van der Waals surface area contributed by atoms with Crippen LogP contribution in [0.15, 0.2) is 21.2 Å². The minimum atomic E-state index is -0.603. The molecule has 1 unspecified atom stereocenters. The maximum Gasteiger partial charge on any atom is 0.227 e. The number of hydrogen-bond acceptors (Lipinski definition) is 6. The van der Waals surface area contributed by atoms with Crippen LogP contribution in [0.4, 0.5) is 0 Å². The van der Waals surface area contributed by atoms with Gasteiger partial charge in [-0.05, 0) is 31.7 Å². The van der Waals surface area contributed by atoms with E-state index in [1.54, 1.807) is 25.4 Å². The summed E-state index contributed by atoms with van der Waals surface area (Å²) < 4.78 is 10.8. The molecule has 126 valence electrons. The molecule has 2 rings (SSSR count). The van der Waals surface area contributed by atoms with E-state index >= 15 is 0 Å². The number of nitrogens with one attached hydrogen (secondary N) is 1. The number of amides is 1. The predicted octanol–water partition coefficient (Wildman–Crippen LogP) is 2.16. The van der Waals surface area contributed by atoms with E-state index in [2.05, 4.69) is 10.3 Å². The Balaban J connectivity index is 2.05. The number of methoxy groups -OCH3 is 1. The van der Waals surface area contributed by atoms with Crippen LogP contribution in [0.25, 0.3) is 11.5 Å². The van der Waals surface area contributed by atoms with Crippen LogP contribution in [-0.2, 0) is 16.0 Å². The second kappa shape index (κ2) is 7.72. The second-order valence-corrected chi connectivity index (χ2v) is 6.51. The van der Waals surface area contributed by atoms with Crippen molar-refractivity contribution < 1.29 is 19.1 Å². The Morgan fingerprint density at radius 2 is 2.35 bits per heavy atom. The molecule has 0 saturated carbocycles. The molecule has 0 bridgehead atoms. The van der Waals surface area contributed by atoms with Crippen molar-refractivity contribution in [1.29, 1.82) is 0 Å². The van der Waals surface area contributed by atoms with Gasteiger partial charge in [0.25, 0.3) is 0 Å². The average molecular weight is 338 g/mol. The number of aromatic nitrogens is 1. The lowest BCUT2D eigenvalue weighted by Crippen LogP contribution is -2.50. The first-order valence-corrected chi connectivity index (χ1v) is 8.31. The van der Waals surface area contributed by atoms with Gasteiger partial charge < -0.3 is 19.6 Å². The van der Waals surface area contributed by atoms with Crippen LogP contribution in [0.5, 0.6) is 0 Å². The summed E-state index contributed by atoms with van der Waals surface area (Å²) in [6.07, 6.45) is 0.550. The Hall–Kier alpha value is -1.70. The van der Waals surface area contributed by atoms with Crippen molar-refractivity contribution in [3.05, 3.63) is 28.3 Å². The van der Waals surface area contributed by atoms with Gasteiger partial charge in [-0.2, -0.15) is 11.3 Å². The molecule has 2 N–H and O–H groups in total. The minimum absolute atomic E-state index is 0.0224. The summed E-state index contributed by atoms with van der Waals surface area (Å²) in [5, 5.41) is 16.0. The highest BCUT2D eigenvalue weighted by Crippen LogP contribution is 2.24. The third-order valence-electron chi connectivity index (χ3n) is 3.56. The molecule has 0 aliphatic heterocycles. The Labute approximate surface area is 139 Å². The molecule has 0 spiro atoms. The number of hydrogen-bond donors (Lipinski definition) is 2. The summed E-state index contributed by atoms with van der Waals surface area (Å²) >= 11 is 1.57. The molecule has 0 aromatic carbocycles.